The summed E-state index contributed by atoms with van der Waals surface area (Å²) in [4.78, 5) is 27.5. The van der Waals surface area contributed by atoms with Crippen molar-refractivity contribution in [2.75, 3.05) is 18.0 Å². The molecule has 0 aromatic heterocycles. The number of fused-ring (bicyclic) bond motifs is 1. The van der Waals surface area contributed by atoms with Crippen molar-refractivity contribution in [3.8, 4) is 6.07 Å². The predicted octanol–water partition coefficient (Wildman–Crippen LogP) is 3.25. The van der Waals surface area contributed by atoms with Crippen molar-refractivity contribution in [1.29, 1.82) is 5.26 Å². The molecule has 162 valence electrons. The van der Waals surface area contributed by atoms with Gasteiger partial charge in [-0.3, -0.25) is 9.69 Å². The molecule has 1 saturated heterocycles. The number of halogens is 1. The van der Waals surface area contributed by atoms with Crippen molar-refractivity contribution in [3.05, 3.63) is 30.3 Å². The molecular weight excluding hydrogens is 404 g/mol. The molecule has 8 heteroatoms. The van der Waals surface area contributed by atoms with Crippen LogP contribution >= 0.6 is 12.4 Å². The summed E-state index contributed by atoms with van der Waals surface area (Å²) in [5.41, 5.74) is 0.739. The van der Waals surface area contributed by atoms with Crippen LogP contribution in [-0.4, -0.2) is 53.2 Å². The van der Waals surface area contributed by atoms with Gasteiger partial charge in [0.1, 0.15) is 6.04 Å². The van der Waals surface area contributed by atoms with E-state index in [9.17, 15) is 14.7 Å². The van der Waals surface area contributed by atoms with Crippen LogP contribution in [0.2, 0.25) is 0 Å². The molecule has 2 aliphatic carbocycles. The second kappa shape index (κ2) is 9.67. The topological polar surface area (TPSA) is 96.7 Å². The van der Waals surface area contributed by atoms with E-state index in [1.54, 1.807) is 4.90 Å². The Morgan fingerprint density at radius 1 is 1.17 bits per heavy atom. The predicted molar refractivity (Wildman–Crippen MR) is 116 cm³/mol. The molecule has 1 heterocycles. The molecule has 3 atom stereocenters. The number of hydrogen-bond acceptors (Lipinski definition) is 4. The van der Waals surface area contributed by atoms with E-state index in [-0.39, 0.29) is 36.9 Å². The summed E-state index contributed by atoms with van der Waals surface area (Å²) in [6, 6.07) is 11.6. The summed E-state index contributed by atoms with van der Waals surface area (Å²) in [5.74, 6) is 1.01. The van der Waals surface area contributed by atoms with Gasteiger partial charge in [-0.15, -0.1) is 12.4 Å². The Hall–Kier alpha value is -2.30. The molecule has 3 unspecified atom stereocenters. The first-order chi connectivity index (χ1) is 14.1. The number of para-hydroxylation sites is 1. The molecule has 7 nitrogen and oxygen atoms in total. The highest BCUT2D eigenvalue weighted by atomic mass is 35.5. The molecule has 1 aromatic carbocycles. The van der Waals surface area contributed by atoms with Gasteiger partial charge in [0, 0.05) is 24.3 Å². The molecule has 2 amide bonds. The number of carboxylic acid groups (broad SMARTS) is 1. The van der Waals surface area contributed by atoms with Crippen LogP contribution in [0.4, 0.5) is 10.5 Å². The van der Waals surface area contributed by atoms with Gasteiger partial charge >= 0.3 is 6.09 Å². The molecule has 30 heavy (non-hydrogen) atoms. The Kier molecular flexibility index (Phi) is 7.22. The number of benzene rings is 1. The number of nitrogens with zero attached hydrogens (tertiary/aromatic N) is 3. The summed E-state index contributed by atoms with van der Waals surface area (Å²) in [6.07, 6.45) is 4.51. The van der Waals surface area contributed by atoms with Crippen LogP contribution in [0.15, 0.2) is 30.3 Å². The average molecular weight is 433 g/mol. The van der Waals surface area contributed by atoms with Crippen molar-refractivity contribution in [2.45, 2.75) is 56.7 Å². The number of nitrogens with one attached hydrogen (secondary N) is 1. The second-order valence-corrected chi connectivity index (χ2v) is 8.56. The van der Waals surface area contributed by atoms with Gasteiger partial charge in [0.15, 0.2) is 0 Å². The number of rotatable bonds is 5. The molecule has 2 saturated carbocycles. The number of amides is 2. The van der Waals surface area contributed by atoms with Crippen molar-refractivity contribution in [3.63, 3.8) is 0 Å². The van der Waals surface area contributed by atoms with Crippen LogP contribution in [0.5, 0.6) is 0 Å². The van der Waals surface area contributed by atoms with Crippen LogP contribution < -0.4 is 10.2 Å². The van der Waals surface area contributed by atoms with Gasteiger partial charge < -0.3 is 15.3 Å². The first kappa shape index (κ1) is 22.4. The minimum Gasteiger partial charge on any atom is -0.465 e. The zero-order chi connectivity index (χ0) is 20.4. The maximum atomic E-state index is 12.4. The highest BCUT2D eigenvalue weighted by Gasteiger charge is 2.44. The van der Waals surface area contributed by atoms with Gasteiger partial charge in [-0.2, -0.15) is 5.26 Å². The Labute approximate surface area is 183 Å². The minimum absolute atomic E-state index is 0. The number of carbonyl (C=O) groups is 2. The Morgan fingerprint density at radius 3 is 2.43 bits per heavy atom. The maximum absolute atomic E-state index is 12.4. The van der Waals surface area contributed by atoms with Crippen molar-refractivity contribution in [2.24, 2.45) is 11.8 Å². The normalized spacial score (nSPS) is 29.7. The fourth-order valence-electron chi connectivity index (χ4n) is 5.56. The molecular formula is C22H29ClN4O3. The lowest BCUT2D eigenvalue weighted by atomic mass is 10.0. The van der Waals surface area contributed by atoms with Crippen LogP contribution in [0.1, 0.15) is 38.5 Å². The standard InChI is InChI=1S/C22H28N4O3.ClH/c23-13-19-7-4-8-25(19)21(27)14-24-17-9-15-11-20(12-16(15)10-17)26(22(28)29)18-5-2-1-3-6-18;/h1-3,5-6,15-17,19-20,24H,4,7-12,14H2,(H,28,29);1H. The number of nitriles is 1. The summed E-state index contributed by atoms with van der Waals surface area (Å²) < 4.78 is 0. The van der Waals surface area contributed by atoms with E-state index in [0.29, 0.717) is 24.4 Å². The Morgan fingerprint density at radius 2 is 1.83 bits per heavy atom. The highest BCUT2D eigenvalue weighted by molar-refractivity contribution is 5.86. The van der Waals surface area contributed by atoms with E-state index in [1.807, 2.05) is 30.3 Å². The zero-order valence-electron chi connectivity index (χ0n) is 16.9. The van der Waals surface area contributed by atoms with Gasteiger partial charge in [-0.25, -0.2) is 4.79 Å². The molecule has 1 aliphatic heterocycles. The third-order valence-electron chi connectivity index (χ3n) is 6.86. The monoisotopic (exact) mass is 432 g/mol. The van der Waals surface area contributed by atoms with Crippen LogP contribution in [-0.2, 0) is 4.79 Å². The minimum atomic E-state index is -0.890. The molecule has 0 spiro atoms. The quantitative estimate of drug-likeness (QED) is 0.744. The van der Waals surface area contributed by atoms with Gasteiger partial charge in [0.05, 0.1) is 12.6 Å². The molecule has 3 aliphatic rings. The highest BCUT2D eigenvalue weighted by Crippen LogP contribution is 2.46. The zero-order valence-corrected chi connectivity index (χ0v) is 17.8. The van der Waals surface area contributed by atoms with E-state index in [4.69, 9.17) is 5.26 Å². The first-order valence-corrected chi connectivity index (χ1v) is 10.6. The van der Waals surface area contributed by atoms with E-state index in [2.05, 4.69) is 11.4 Å². The molecule has 4 rings (SSSR count). The van der Waals surface area contributed by atoms with Crippen molar-refractivity contribution in [1.82, 2.24) is 10.2 Å². The Bertz CT molecular complexity index is 785. The number of likely N-dealkylation sites (tertiary alicyclic amines) is 1. The molecule has 3 fully saturated rings. The molecule has 0 radical (unpaired) electrons. The van der Waals surface area contributed by atoms with Crippen molar-refractivity contribution < 1.29 is 14.7 Å². The largest absolute Gasteiger partial charge is 0.465 e. The molecule has 2 N–H and O–H groups in total. The molecule has 0 bridgehead atoms. The van der Waals surface area contributed by atoms with Crippen molar-refractivity contribution >= 4 is 30.1 Å². The van der Waals surface area contributed by atoms with E-state index >= 15 is 0 Å². The lowest BCUT2D eigenvalue weighted by Gasteiger charge is -2.27. The van der Waals surface area contributed by atoms with Crippen LogP contribution in [0.25, 0.3) is 0 Å². The lowest BCUT2D eigenvalue weighted by molar-refractivity contribution is -0.130. The number of anilines is 1. The van der Waals surface area contributed by atoms with Crippen LogP contribution in [0.3, 0.4) is 0 Å². The maximum Gasteiger partial charge on any atom is 0.412 e. The first-order valence-electron chi connectivity index (χ1n) is 10.6. The SMILES string of the molecule is Cl.N#CC1CCCN1C(=O)CNC1CC2CC(N(C(=O)O)c3ccccc3)CC2C1. The lowest BCUT2D eigenvalue weighted by Crippen LogP contribution is -2.43. The van der Waals surface area contributed by atoms with Crippen LogP contribution in [0, 0.1) is 23.2 Å². The summed E-state index contributed by atoms with van der Waals surface area (Å²) in [5, 5.41) is 22.3. The Balaban J connectivity index is 0.00000256. The van der Waals surface area contributed by atoms with Gasteiger partial charge in [-0.05, 0) is 62.5 Å². The van der Waals surface area contributed by atoms with Gasteiger partial charge in [0.2, 0.25) is 5.91 Å². The fourth-order valence-corrected chi connectivity index (χ4v) is 5.56. The van der Waals surface area contributed by atoms with Gasteiger partial charge in [-0.1, -0.05) is 18.2 Å². The average Bonchev–Trinajstić information content (AvgIpc) is 3.41. The number of carbonyl (C=O) groups excluding carboxylic acids is 1. The second-order valence-electron chi connectivity index (χ2n) is 8.56. The fraction of sp³-hybridized carbons (Fsp3) is 0.591. The molecule has 1 aromatic rings. The summed E-state index contributed by atoms with van der Waals surface area (Å²) in [6.45, 7) is 0.970. The summed E-state index contributed by atoms with van der Waals surface area (Å²) in [7, 11) is 0. The van der Waals surface area contributed by atoms with E-state index < -0.39 is 6.09 Å². The summed E-state index contributed by atoms with van der Waals surface area (Å²) >= 11 is 0. The number of hydrogen-bond donors (Lipinski definition) is 2. The van der Waals surface area contributed by atoms with E-state index in [1.165, 1.54) is 4.90 Å². The van der Waals surface area contributed by atoms with E-state index in [0.717, 1.165) is 44.2 Å². The smallest absolute Gasteiger partial charge is 0.412 e. The van der Waals surface area contributed by atoms with Gasteiger partial charge in [0.25, 0.3) is 0 Å². The third kappa shape index (κ3) is 4.55. The third-order valence-corrected chi connectivity index (χ3v) is 6.86.